The Balaban J connectivity index is 1.56. The summed E-state index contributed by atoms with van der Waals surface area (Å²) in [4.78, 5) is 14.8. The standard InChI is InChI=1S/C22H21N5O2S/c1-27-21-9-6-17(29-18-10-11-23-16(12-18)14-24-28-2)13-20(21)26-22(27)25-15-4-7-19(30-3)8-5-15/h4-14H,1-3H3,(H,25,26)/b24-14-. The molecule has 30 heavy (non-hydrogen) atoms. The fourth-order valence-electron chi connectivity index (χ4n) is 2.96. The first kappa shape index (κ1) is 19.8. The number of aryl methyl sites for hydroxylation is 1. The highest BCUT2D eigenvalue weighted by atomic mass is 32.2. The summed E-state index contributed by atoms with van der Waals surface area (Å²) in [6, 6.07) is 17.7. The molecule has 0 aliphatic rings. The molecular weight excluding hydrogens is 398 g/mol. The molecule has 2 heterocycles. The van der Waals surface area contributed by atoms with Crippen molar-refractivity contribution in [3.8, 4) is 11.5 Å². The largest absolute Gasteiger partial charge is 0.457 e. The fraction of sp³-hybridized carbons (Fsp3) is 0.136. The highest BCUT2D eigenvalue weighted by Crippen LogP contribution is 2.28. The molecule has 0 aliphatic carbocycles. The molecule has 7 nitrogen and oxygen atoms in total. The molecule has 4 aromatic rings. The summed E-state index contributed by atoms with van der Waals surface area (Å²) in [5.74, 6) is 2.11. The highest BCUT2D eigenvalue weighted by molar-refractivity contribution is 7.98. The molecule has 0 bridgehead atoms. The van der Waals surface area contributed by atoms with Gasteiger partial charge in [-0.25, -0.2) is 4.98 Å². The summed E-state index contributed by atoms with van der Waals surface area (Å²) in [5.41, 5.74) is 3.48. The molecule has 0 radical (unpaired) electrons. The van der Waals surface area contributed by atoms with Crippen molar-refractivity contribution in [1.82, 2.24) is 14.5 Å². The Morgan fingerprint density at radius 3 is 2.63 bits per heavy atom. The number of ether oxygens (including phenoxy) is 1. The van der Waals surface area contributed by atoms with Crippen LogP contribution in [0.25, 0.3) is 11.0 Å². The summed E-state index contributed by atoms with van der Waals surface area (Å²) < 4.78 is 8.01. The average Bonchev–Trinajstić information content (AvgIpc) is 3.07. The minimum atomic E-state index is 0.646. The SMILES string of the molecule is CO/N=C\c1cc(Oc2ccc3c(c2)nc(Nc2ccc(SC)cc2)n3C)ccn1. The predicted molar refractivity (Wildman–Crippen MR) is 121 cm³/mol. The maximum Gasteiger partial charge on any atom is 0.208 e. The van der Waals surface area contributed by atoms with Crippen LogP contribution in [0.15, 0.2) is 70.8 Å². The Labute approximate surface area is 178 Å². The number of rotatable bonds is 7. The van der Waals surface area contributed by atoms with E-state index in [1.807, 2.05) is 41.9 Å². The van der Waals surface area contributed by atoms with Crippen molar-refractivity contribution < 1.29 is 9.57 Å². The molecule has 0 aliphatic heterocycles. The number of oxime groups is 1. The van der Waals surface area contributed by atoms with E-state index in [1.54, 1.807) is 30.1 Å². The van der Waals surface area contributed by atoms with Crippen molar-refractivity contribution in [2.24, 2.45) is 12.2 Å². The van der Waals surface area contributed by atoms with Crippen molar-refractivity contribution in [3.63, 3.8) is 0 Å². The molecule has 2 aromatic carbocycles. The van der Waals surface area contributed by atoms with Gasteiger partial charge in [-0.05, 0) is 48.7 Å². The van der Waals surface area contributed by atoms with Crippen LogP contribution >= 0.6 is 11.8 Å². The van der Waals surface area contributed by atoms with Gasteiger partial charge in [-0.1, -0.05) is 5.16 Å². The second kappa shape index (κ2) is 8.87. The number of aromatic nitrogens is 3. The second-order valence-electron chi connectivity index (χ2n) is 6.43. The van der Waals surface area contributed by atoms with Crippen LogP contribution in [-0.2, 0) is 11.9 Å². The van der Waals surface area contributed by atoms with Gasteiger partial charge in [-0.15, -0.1) is 11.8 Å². The van der Waals surface area contributed by atoms with Crippen molar-refractivity contribution >= 4 is 40.6 Å². The van der Waals surface area contributed by atoms with Crippen molar-refractivity contribution in [2.75, 3.05) is 18.7 Å². The first-order valence-corrected chi connectivity index (χ1v) is 10.5. The van der Waals surface area contributed by atoms with E-state index in [-0.39, 0.29) is 0 Å². The summed E-state index contributed by atoms with van der Waals surface area (Å²) in [6.45, 7) is 0. The number of hydrogen-bond donors (Lipinski definition) is 1. The van der Waals surface area contributed by atoms with Crippen molar-refractivity contribution in [3.05, 3.63) is 66.5 Å². The average molecular weight is 420 g/mol. The van der Waals surface area contributed by atoms with Crippen molar-refractivity contribution in [2.45, 2.75) is 4.90 Å². The molecule has 0 saturated heterocycles. The van der Waals surface area contributed by atoms with Crippen LogP contribution in [0.5, 0.6) is 11.5 Å². The van der Waals surface area contributed by atoms with E-state index in [2.05, 4.69) is 33.8 Å². The minimum absolute atomic E-state index is 0.646. The molecular formula is C22H21N5O2S. The molecule has 2 aromatic heterocycles. The number of thioether (sulfide) groups is 1. The molecule has 4 rings (SSSR count). The van der Waals surface area contributed by atoms with E-state index < -0.39 is 0 Å². The zero-order chi connectivity index (χ0) is 20.9. The summed E-state index contributed by atoms with van der Waals surface area (Å²) in [6.07, 6.45) is 5.25. The van der Waals surface area contributed by atoms with Crippen LogP contribution in [-0.4, -0.2) is 34.1 Å². The number of fused-ring (bicyclic) bond motifs is 1. The van der Waals surface area contributed by atoms with Gasteiger partial charge < -0.3 is 19.5 Å². The number of benzene rings is 2. The molecule has 0 amide bonds. The fourth-order valence-corrected chi connectivity index (χ4v) is 3.37. The first-order chi connectivity index (χ1) is 14.7. The van der Waals surface area contributed by atoms with E-state index in [0.717, 1.165) is 22.7 Å². The van der Waals surface area contributed by atoms with Gasteiger partial charge in [0.2, 0.25) is 5.95 Å². The van der Waals surface area contributed by atoms with Crippen LogP contribution in [0, 0.1) is 0 Å². The van der Waals surface area contributed by atoms with Gasteiger partial charge in [-0.3, -0.25) is 4.98 Å². The Hall–Kier alpha value is -3.52. The molecule has 1 N–H and O–H groups in total. The number of pyridine rings is 1. The third-order valence-corrected chi connectivity index (χ3v) is 5.22. The van der Waals surface area contributed by atoms with Gasteiger partial charge in [-0.2, -0.15) is 0 Å². The predicted octanol–water partition coefficient (Wildman–Crippen LogP) is 5.21. The van der Waals surface area contributed by atoms with Crippen LogP contribution in [0.3, 0.4) is 0 Å². The van der Waals surface area contributed by atoms with E-state index in [1.165, 1.54) is 18.2 Å². The lowest BCUT2D eigenvalue weighted by molar-refractivity contribution is 0.215. The second-order valence-corrected chi connectivity index (χ2v) is 7.31. The molecule has 8 heteroatoms. The number of hydrogen-bond acceptors (Lipinski definition) is 7. The third kappa shape index (κ3) is 4.38. The van der Waals surface area contributed by atoms with Crippen molar-refractivity contribution in [1.29, 1.82) is 0 Å². The van der Waals surface area contributed by atoms with Crippen LogP contribution in [0.2, 0.25) is 0 Å². The monoisotopic (exact) mass is 419 g/mol. The van der Waals surface area contributed by atoms with Gasteiger partial charge in [0.05, 0.1) is 22.9 Å². The minimum Gasteiger partial charge on any atom is -0.457 e. The lowest BCUT2D eigenvalue weighted by atomic mass is 10.3. The van der Waals surface area contributed by atoms with Crippen LogP contribution in [0.4, 0.5) is 11.6 Å². The lowest BCUT2D eigenvalue weighted by Gasteiger charge is -2.07. The van der Waals surface area contributed by atoms with E-state index in [4.69, 9.17) is 14.6 Å². The Kier molecular flexibility index (Phi) is 5.85. The molecule has 0 atom stereocenters. The zero-order valence-corrected chi connectivity index (χ0v) is 17.7. The number of nitrogens with zero attached hydrogens (tertiary/aromatic N) is 4. The Morgan fingerprint density at radius 2 is 1.87 bits per heavy atom. The maximum absolute atomic E-state index is 5.99. The Bertz CT molecular complexity index is 1190. The molecule has 0 saturated carbocycles. The molecule has 0 spiro atoms. The third-order valence-electron chi connectivity index (χ3n) is 4.48. The van der Waals surface area contributed by atoms with Crippen LogP contribution < -0.4 is 10.1 Å². The summed E-state index contributed by atoms with van der Waals surface area (Å²) in [7, 11) is 3.47. The first-order valence-electron chi connectivity index (χ1n) is 9.24. The lowest BCUT2D eigenvalue weighted by Crippen LogP contribution is -1.98. The number of anilines is 2. The Morgan fingerprint density at radius 1 is 1.07 bits per heavy atom. The summed E-state index contributed by atoms with van der Waals surface area (Å²) in [5, 5.41) is 7.10. The molecule has 0 fully saturated rings. The quantitative estimate of drug-likeness (QED) is 0.252. The smallest absolute Gasteiger partial charge is 0.208 e. The molecule has 152 valence electrons. The maximum atomic E-state index is 5.99. The summed E-state index contributed by atoms with van der Waals surface area (Å²) >= 11 is 1.72. The van der Waals surface area contributed by atoms with E-state index in [0.29, 0.717) is 17.2 Å². The zero-order valence-electron chi connectivity index (χ0n) is 16.9. The van der Waals surface area contributed by atoms with Gasteiger partial charge in [0, 0.05) is 36.0 Å². The number of imidazole rings is 1. The normalized spacial score (nSPS) is 11.2. The molecule has 0 unspecified atom stereocenters. The highest BCUT2D eigenvalue weighted by Gasteiger charge is 2.10. The van der Waals surface area contributed by atoms with Gasteiger partial charge in [0.1, 0.15) is 18.6 Å². The van der Waals surface area contributed by atoms with Gasteiger partial charge in [0.25, 0.3) is 0 Å². The van der Waals surface area contributed by atoms with Crippen LogP contribution in [0.1, 0.15) is 5.69 Å². The topological polar surface area (TPSA) is 73.6 Å². The van der Waals surface area contributed by atoms with E-state index >= 15 is 0 Å². The number of nitrogens with one attached hydrogen (secondary N) is 1. The van der Waals surface area contributed by atoms with Gasteiger partial charge in [0.15, 0.2) is 0 Å². The van der Waals surface area contributed by atoms with Gasteiger partial charge >= 0.3 is 0 Å². The van der Waals surface area contributed by atoms with E-state index in [9.17, 15) is 0 Å².